The number of anilines is 1. The van der Waals surface area contributed by atoms with Crippen LogP contribution in [0.1, 0.15) is 26.7 Å². The van der Waals surface area contributed by atoms with E-state index in [1.165, 1.54) is 6.07 Å². The van der Waals surface area contributed by atoms with E-state index >= 15 is 0 Å². The van der Waals surface area contributed by atoms with Crippen LogP contribution in [0.5, 0.6) is 0 Å². The topological polar surface area (TPSA) is 66.5 Å². The Morgan fingerprint density at radius 2 is 1.91 bits per heavy atom. The highest BCUT2D eigenvalue weighted by Crippen LogP contribution is 2.21. The first-order valence-electron chi connectivity index (χ1n) is 6.83. The fourth-order valence-corrected chi connectivity index (χ4v) is 2.86. The fourth-order valence-electron chi connectivity index (χ4n) is 1.90. The van der Waals surface area contributed by atoms with Crippen molar-refractivity contribution in [3.63, 3.8) is 0 Å². The molecule has 8 heteroatoms. The van der Waals surface area contributed by atoms with E-state index in [9.17, 15) is 22.0 Å². The molecule has 1 aromatic rings. The van der Waals surface area contributed by atoms with Crippen molar-refractivity contribution in [1.29, 1.82) is 0 Å². The number of halogens is 2. The Kier molecular flexibility index (Phi) is 6.28. The van der Waals surface area contributed by atoms with Crippen LogP contribution in [0, 0.1) is 11.6 Å². The zero-order chi connectivity index (χ0) is 16.9. The maximum absolute atomic E-state index is 13.3. The number of nitrogens with one attached hydrogen (secondary N) is 1. The largest absolute Gasteiger partial charge is 0.354 e. The van der Waals surface area contributed by atoms with E-state index in [0.717, 1.165) is 22.7 Å². The molecule has 1 aromatic carbocycles. The quantitative estimate of drug-likeness (QED) is 0.830. The molecule has 0 fully saturated rings. The summed E-state index contributed by atoms with van der Waals surface area (Å²) in [5.41, 5.74) is 0.0330. The lowest BCUT2D eigenvalue weighted by atomic mass is 10.2. The molecule has 0 unspecified atom stereocenters. The highest BCUT2D eigenvalue weighted by atomic mass is 32.2. The van der Waals surface area contributed by atoms with Gasteiger partial charge in [-0.2, -0.15) is 0 Å². The number of sulfonamides is 1. The van der Waals surface area contributed by atoms with Crippen molar-refractivity contribution in [1.82, 2.24) is 5.32 Å². The molecule has 0 saturated carbocycles. The summed E-state index contributed by atoms with van der Waals surface area (Å²) in [6, 6.07) is 2.89. The molecular weight excluding hydrogens is 314 g/mol. The van der Waals surface area contributed by atoms with Crippen molar-refractivity contribution < 1.29 is 22.0 Å². The molecule has 0 aliphatic rings. The summed E-state index contributed by atoms with van der Waals surface area (Å²) >= 11 is 0. The van der Waals surface area contributed by atoms with Gasteiger partial charge in [0.2, 0.25) is 15.9 Å². The number of hydrogen-bond donors (Lipinski definition) is 1. The van der Waals surface area contributed by atoms with E-state index in [4.69, 9.17) is 0 Å². The molecule has 1 rings (SSSR count). The van der Waals surface area contributed by atoms with E-state index in [0.29, 0.717) is 0 Å². The molecule has 0 aliphatic heterocycles. The van der Waals surface area contributed by atoms with Crippen LogP contribution in [0.4, 0.5) is 14.5 Å². The molecule has 0 bridgehead atoms. The van der Waals surface area contributed by atoms with Gasteiger partial charge in [-0.05, 0) is 32.4 Å². The van der Waals surface area contributed by atoms with Crippen LogP contribution >= 0.6 is 0 Å². The molecule has 124 valence electrons. The molecule has 0 radical (unpaired) electrons. The number of amides is 1. The molecule has 5 nitrogen and oxygen atoms in total. The Morgan fingerprint density at radius 3 is 2.41 bits per heavy atom. The number of carbonyl (C=O) groups excluding carboxylic acids is 1. The maximum Gasteiger partial charge on any atom is 0.232 e. The van der Waals surface area contributed by atoms with E-state index in [2.05, 4.69) is 5.32 Å². The monoisotopic (exact) mass is 334 g/mol. The first-order chi connectivity index (χ1) is 10.1. The van der Waals surface area contributed by atoms with E-state index in [-0.39, 0.29) is 37.0 Å². The lowest BCUT2D eigenvalue weighted by molar-refractivity contribution is -0.121. The van der Waals surface area contributed by atoms with Gasteiger partial charge in [-0.1, -0.05) is 0 Å². The minimum atomic E-state index is -3.66. The van der Waals surface area contributed by atoms with Crippen LogP contribution in [0.25, 0.3) is 0 Å². The number of rotatable bonds is 7. The Hall–Kier alpha value is -1.70. The average Bonchev–Trinajstić information content (AvgIpc) is 2.36. The molecule has 0 spiro atoms. The minimum absolute atomic E-state index is 0.00436. The van der Waals surface area contributed by atoms with Crippen LogP contribution < -0.4 is 9.62 Å². The molecule has 22 heavy (non-hydrogen) atoms. The van der Waals surface area contributed by atoms with Gasteiger partial charge in [-0.15, -0.1) is 0 Å². The summed E-state index contributed by atoms with van der Waals surface area (Å²) in [5.74, 6) is -2.36. The summed E-state index contributed by atoms with van der Waals surface area (Å²) in [6.07, 6.45) is 1.39. The molecular formula is C14H20F2N2O3S. The summed E-state index contributed by atoms with van der Waals surface area (Å²) < 4.78 is 50.7. The Bertz CT molecular complexity index is 633. The lowest BCUT2D eigenvalue weighted by Gasteiger charge is -2.22. The number of nitrogens with zero attached hydrogens (tertiary/aromatic N) is 1. The van der Waals surface area contributed by atoms with E-state index in [1.807, 2.05) is 13.8 Å². The van der Waals surface area contributed by atoms with Crippen LogP contribution in [-0.2, 0) is 14.8 Å². The van der Waals surface area contributed by atoms with E-state index in [1.54, 1.807) is 0 Å². The van der Waals surface area contributed by atoms with Gasteiger partial charge in [0.05, 0.1) is 11.9 Å². The van der Waals surface area contributed by atoms with Gasteiger partial charge in [0.15, 0.2) is 11.6 Å². The summed E-state index contributed by atoms with van der Waals surface area (Å²) in [7, 11) is -3.66. The summed E-state index contributed by atoms with van der Waals surface area (Å²) in [5, 5.41) is 2.70. The van der Waals surface area contributed by atoms with Crippen molar-refractivity contribution in [2.24, 2.45) is 0 Å². The zero-order valence-corrected chi connectivity index (χ0v) is 13.6. The molecule has 1 amide bonds. The highest BCUT2D eigenvalue weighted by Gasteiger charge is 2.19. The second-order valence-electron chi connectivity index (χ2n) is 5.26. The molecule has 1 N–H and O–H groups in total. The SMILES string of the molecule is CC(C)NC(=O)CCCN(c1ccc(F)c(F)c1)S(C)(=O)=O. The summed E-state index contributed by atoms with van der Waals surface area (Å²) in [6.45, 7) is 3.65. The van der Waals surface area contributed by atoms with Gasteiger partial charge in [0, 0.05) is 25.1 Å². The Balaban J connectivity index is 2.79. The van der Waals surface area contributed by atoms with Crippen molar-refractivity contribution in [3.05, 3.63) is 29.8 Å². The van der Waals surface area contributed by atoms with Gasteiger partial charge in [0.25, 0.3) is 0 Å². The van der Waals surface area contributed by atoms with Crippen molar-refractivity contribution in [2.75, 3.05) is 17.1 Å². The molecule has 0 aliphatic carbocycles. The van der Waals surface area contributed by atoms with Gasteiger partial charge < -0.3 is 5.32 Å². The first-order valence-corrected chi connectivity index (χ1v) is 8.68. The normalized spacial score (nSPS) is 11.5. The molecule has 0 saturated heterocycles. The first kappa shape index (κ1) is 18.3. The highest BCUT2D eigenvalue weighted by molar-refractivity contribution is 7.92. The predicted octanol–water partition coefficient (Wildman–Crippen LogP) is 2.04. The van der Waals surface area contributed by atoms with Crippen molar-refractivity contribution in [2.45, 2.75) is 32.7 Å². The van der Waals surface area contributed by atoms with Crippen molar-refractivity contribution in [3.8, 4) is 0 Å². The maximum atomic E-state index is 13.3. The van der Waals surface area contributed by atoms with Gasteiger partial charge in [-0.3, -0.25) is 9.10 Å². The van der Waals surface area contributed by atoms with Crippen LogP contribution in [0.3, 0.4) is 0 Å². The zero-order valence-electron chi connectivity index (χ0n) is 12.8. The Labute approximate surface area is 129 Å². The second kappa shape index (κ2) is 7.53. The van der Waals surface area contributed by atoms with Gasteiger partial charge >= 0.3 is 0 Å². The smallest absolute Gasteiger partial charge is 0.232 e. The van der Waals surface area contributed by atoms with Gasteiger partial charge in [-0.25, -0.2) is 17.2 Å². The molecule has 0 aromatic heterocycles. The molecule has 0 heterocycles. The average molecular weight is 334 g/mol. The van der Waals surface area contributed by atoms with Crippen molar-refractivity contribution >= 4 is 21.6 Å². The second-order valence-corrected chi connectivity index (χ2v) is 7.17. The third-order valence-electron chi connectivity index (χ3n) is 2.81. The number of carbonyl (C=O) groups is 1. The summed E-state index contributed by atoms with van der Waals surface area (Å²) in [4.78, 5) is 11.5. The lowest BCUT2D eigenvalue weighted by Crippen LogP contribution is -2.33. The standard InChI is InChI=1S/C14H20F2N2O3S/c1-10(2)17-14(19)5-4-8-18(22(3,20)21)11-6-7-12(15)13(16)9-11/h6-7,9-10H,4-5,8H2,1-3H3,(H,17,19). The number of hydrogen-bond acceptors (Lipinski definition) is 3. The fraction of sp³-hybridized carbons (Fsp3) is 0.500. The third kappa shape index (κ3) is 5.59. The van der Waals surface area contributed by atoms with Gasteiger partial charge in [0.1, 0.15) is 0 Å². The number of benzene rings is 1. The predicted molar refractivity (Wildman–Crippen MR) is 81.1 cm³/mol. The van der Waals surface area contributed by atoms with Crippen LogP contribution in [0.2, 0.25) is 0 Å². The van der Waals surface area contributed by atoms with E-state index < -0.39 is 21.7 Å². The minimum Gasteiger partial charge on any atom is -0.354 e. The Morgan fingerprint density at radius 1 is 1.27 bits per heavy atom. The molecule has 0 atom stereocenters. The van der Waals surface area contributed by atoms with Crippen LogP contribution in [-0.4, -0.2) is 33.2 Å². The third-order valence-corrected chi connectivity index (χ3v) is 4.00. The van der Waals surface area contributed by atoms with Crippen LogP contribution in [0.15, 0.2) is 18.2 Å².